The van der Waals surface area contributed by atoms with Gasteiger partial charge >= 0.3 is 0 Å². The lowest BCUT2D eigenvalue weighted by atomic mass is 9.75. The van der Waals surface area contributed by atoms with Crippen LogP contribution in [0.1, 0.15) is 30.9 Å². The number of nitrogens with zero attached hydrogens (tertiary/aromatic N) is 2. The van der Waals surface area contributed by atoms with E-state index in [9.17, 15) is 18.8 Å². The van der Waals surface area contributed by atoms with Crippen LogP contribution in [-0.4, -0.2) is 35.2 Å². The molecule has 6 rings (SSSR count). The highest BCUT2D eigenvalue weighted by Crippen LogP contribution is 2.61. The summed E-state index contributed by atoms with van der Waals surface area (Å²) >= 11 is 5.94. The fraction of sp³-hybridized carbons (Fsp3) is 0.375. The van der Waals surface area contributed by atoms with Gasteiger partial charge in [-0.1, -0.05) is 36.7 Å². The van der Waals surface area contributed by atoms with Gasteiger partial charge in [-0.05, 0) is 49.6 Å². The summed E-state index contributed by atoms with van der Waals surface area (Å²) in [5, 5.41) is 2.89. The van der Waals surface area contributed by atoms with Crippen LogP contribution in [0.5, 0.6) is 0 Å². The number of carbonyl (C=O) groups excluding carboxylic acids is 3. The quantitative estimate of drug-likeness (QED) is 0.707. The molecule has 1 spiro atoms. The predicted octanol–water partition coefficient (Wildman–Crippen LogP) is 3.47. The Morgan fingerprint density at radius 3 is 2.75 bits per heavy atom. The van der Waals surface area contributed by atoms with Gasteiger partial charge in [0, 0.05) is 17.3 Å². The minimum absolute atomic E-state index is 0.158. The molecule has 3 saturated heterocycles. The van der Waals surface area contributed by atoms with E-state index in [1.807, 2.05) is 25.1 Å². The first-order chi connectivity index (χ1) is 15.4. The molecule has 6 nitrogen and oxygen atoms in total. The molecule has 4 heterocycles. The van der Waals surface area contributed by atoms with E-state index in [-0.39, 0.29) is 28.6 Å². The average Bonchev–Trinajstić information content (AvgIpc) is 3.48. The Bertz CT molecular complexity index is 1220. The van der Waals surface area contributed by atoms with E-state index in [4.69, 9.17) is 11.6 Å². The van der Waals surface area contributed by atoms with Crippen molar-refractivity contribution in [3.8, 4) is 0 Å². The van der Waals surface area contributed by atoms with Crippen molar-refractivity contribution in [1.82, 2.24) is 4.90 Å². The molecule has 3 fully saturated rings. The van der Waals surface area contributed by atoms with Gasteiger partial charge in [0.25, 0.3) is 0 Å². The zero-order valence-corrected chi connectivity index (χ0v) is 18.2. The summed E-state index contributed by atoms with van der Waals surface area (Å²) in [6, 6.07) is 9.42. The van der Waals surface area contributed by atoms with Gasteiger partial charge in [-0.3, -0.25) is 19.3 Å². The molecule has 2 aromatic rings. The fourth-order valence-electron chi connectivity index (χ4n) is 6.46. The first-order valence-corrected chi connectivity index (χ1v) is 11.3. The Labute approximate surface area is 189 Å². The molecular weight excluding hydrogens is 433 g/mol. The van der Waals surface area contributed by atoms with E-state index in [1.165, 1.54) is 12.1 Å². The number of aryl methyl sites for hydroxylation is 1. The lowest BCUT2D eigenvalue weighted by molar-refractivity contribution is -0.135. The first-order valence-electron chi connectivity index (χ1n) is 10.9. The largest absolute Gasteiger partial charge is 0.324 e. The van der Waals surface area contributed by atoms with Gasteiger partial charge in [0.2, 0.25) is 17.7 Å². The Kier molecular flexibility index (Phi) is 4.11. The van der Waals surface area contributed by atoms with Gasteiger partial charge in [-0.2, -0.15) is 0 Å². The monoisotopic (exact) mass is 453 g/mol. The second kappa shape index (κ2) is 6.62. The molecule has 2 aromatic carbocycles. The molecular formula is C24H21ClFN3O3. The first kappa shape index (κ1) is 19.9. The SMILES string of the molecule is CCc1cccc2c1NC(=O)C21C2C(=O)N(c3ccc(F)c(Cl)c3)C(=O)C2C2CCCN21. The number of halogens is 2. The molecule has 32 heavy (non-hydrogen) atoms. The van der Waals surface area contributed by atoms with Crippen LogP contribution >= 0.6 is 11.6 Å². The van der Waals surface area contributed by atoms with Crippen molar-refractivity contribution in [2.45, 2.75) is 37.8 Å². The van der Waals surface area contributed by atoms with Gasteiger partial charge in [-0.25, -0.2) is 9.29 Å². The van der Waals surface area contributed by atoms with Gasteiger partial charge in [0.15, 0.2) is 0 Å². The zero-order chi connectivity index (χ0) is 22.4. The number of anilines is 2. The van der Waals surface area contributed by atoms with Crippen LogP contribution in [0.3, 0.4) is 0 Å². The molecule has 4 unspecified atom stereocenters. The molecule has 4 aliphatic rings. The summed E-state index contributed by atoms with van der Waals surface area (Å²) < 4.78 is 13.7. The second-order valence-corrected chi connectivity index (χ2v) is 9.34. The van der Waals surface area contributed by atoms with Crippen LogP contribution < -0.4 is 10.2 Å². The third-order valence-electron chi connectivity index (χ3n) is 7.66. The summed E-state index contributed by atoms with van der Waals surface area (Å²) in [6.45, 7) is 2.68. The van der Waals surface area contributed by atoms with E-state index in [1.54, 1.807) is 0 Å². The maximum absolute atomic E-state index is 13.9. The van der Waals surface area contributed by atoms with Crippen LogP contribution in [0.2, 0.25) is 5.02 Å². The van der Waals surface area contributed by atoms with E-state index in [0.29, 0.717) is 6.54 Å². The lowest BCUT2D eigenvalue weighted by Crippen LogP contribution is -2.54. The van der Waals surface area contributed by atoms with Gasteiger partial charge < -0.3 is 5.32 Å². The van der Waals surface area contributed by atoms with Crippen LogP contribution in [0.25, 0.3) is 0 Å². The van der Waals surface area contributed by atoms with Crippen molar-refractivity contribution in [3.63, 3.8) is 0 Å². The minimum Gasteiger partial charge on any atom is -0.324 e. The molecule has 4 atom stereocenters. The normalized spacial score (nSPS) is 30.8. The minimum atomic E-state index is -1.21. The summed E-state index contributed by atoms with van der Waals surface area (Å²) in [5.74, 6) is -3.10. The predicted molar refractivity (Wildman–Crippen MR) is 117 cm³/mol. The Morgan fingerprint density at radius 1 is 1.19 bits per heavy atom. The Hall–Kier alpha value is -2.77. The van der Waals surface area contributed by atoms with Gasteiger partial charge in [0.1, 0.15) is 11.4 Å². The van der Waals surface area contributed by atoms with Crippen LogP contribution in [-0.2, 0) is 26.3 Å². The third-order valence-corrected chi connectivity index (χ3v) is 7.95. The van der Waals surface area contributed by atoms with Crippen LogP contribution in [0.4, 0.5) is 15.8 Å². The standard InChI is InChI=1S/C24H21ClFN3O3/c1-2-12-5-3-6-14-20(12)27-23(32)24(14)19-18(17-7-4-10-28(17)24)21(30)29(22(19)31)13-8-9-16(26)15(25)11-13/h3,5-6,8-9,11,17-19H,2,4,7,10H2,1H3,(H,27,32). The maximum Gasteiger partial charge on any atom is 0.250 e. The fourth-order valence-corrected chi connectivity index (χ4v) is 6.64. The molecule has 164 valence electrons. The highest BCUT2D eigenvalue weighted by molar-refractivity contribution is 6.32. The number of imide groups is 1. The molecule has 0 bridgehead atoms. The third kappa shape index (κ3) is 2.20. The van der Waals surface area contributed by atoms with E-state index < -0.39 is 29.1 Å². The smallest absolute Gasteiger partial charge is 0.250 e. The topological polar surface area (TPSA) is 69.7 Å². The number of benzene rings is 2. The number of hydrogen-bond acceptors (Lipinski definition) is 4. The number of nitrogens with one attached hydrogen (secondary N) is 1. The number of fused-ring (bicyclic) bond motifs is 7. The molecule has 0 radical (unpaired) electrons. The van der Waals surface area contributed by atoms with Crippen molar-refractivity contribution < 1.29 is 18.8 Å². The van der Waals surface area contributed by atoms with E-state index in [2.05, 4.69) is 10.2 Å². The average molecular weight is 454 g/mol. The van der Waals surface area contributed by atoms with Gasteiger partial charge in [-0.15, -0.1) is 0 Å². The molecule has 0 aromatic heterocycles. The summed E-state index contributed by atoms with van der Waals surface area (Å²) in [5.41, 5.74) is 1.57. The number of carbonyl (C=O) groups is 3. The molecule has 0 aliphatic carbocycles. The Balaban J connectivity index is 1.55. The van der Waals surface area contributed by atoms with Crippen molar-refractivity contribution >= 4 is 40.7 Å². The number of rotatable bonds is 2. The molecule has 0 saturated carbocycles. The van der Waals surface area contributed by atoms with Crippen molar-refractivity contribution in [3.05, 3.63) is 58.4 Å². The van der Waals surface area contributed by atoms with E-state index in [0.717, 1.165) is 47.0 Å². The number of para-hydroxylation sites is 1. The lowest BCUT2D eigenvalue weighted by Gasteiger charge is -2.36. The molecule has 4 aliphatic heterocycles. The summed E-state index contributed by atoms with van der Waals surface area (Å²) in [6.07, 6.45) is 2.34. The molecule has 1 N–H and O–H groups in total. The number of amides is 3. The van der Waals surface area contributed by atoms with Gasteiger partial charge in [0.05, 0.1) is 22.5 Å². The highest BCUT2D eigenvalue weighted by Gasteiger charge is 2.74. The molecule has 8 heteroatoms. The zero-order valence-electron chi connectivity index (χ0n) is 17.4. The van der Waals surface area contributed by atoms with Crippen molar-refractivity contribution in [1.29, 1.82) is 0 Å². The maximum atomic E-state index is 13.9. The van der Waals surface area contributed by atoms with E-state index >= 15 is 0 Å². The van der Waals surface area contributed by atoms with Crippen molar-refractivity contribution in [2.75, 3.05) is 16.8 Å². The van der Waals surface area contributed by atoms with Crippen LogP contribution in [0.15, 0.2) is 36.4 Å². The number of hydrogen-bond donors (Lipinski definition) is 1. The highest BCUT2D eigenvalue weighted by atomic mass is 35.5. The summed E-state index contributed by atoms with van der Waals surface area (Å²) in [4.78, 5) is 44.4. The molecule has 3 amide bonds. The second-order valence-electron chi connectivity index (χ2n) is 8.93. The van der Waals surface area contributed by atoms with Crippen molar-refractivity contribution in [2.24, 2.45) is 11.8 Å². The summed E-state index contributed by atoms with van der Waals surface area (Å²) in [7, 11) is 0. The Morgan fingerprint density at radius 2 is 2.00 bits per heavy atom. The van der Waals surface area contributed by atoms with Crippen LogP contribution in [0, 0.1) is 17.7 Å².